The van der Waals surface area contributed by atoms with Crippen molar-refractivity contribution in [1.82, 2.24) is 9.80 Å². The minimum Gasteiger partial charge on any atom is -0.508 e. The van der Waals surface area contributed by atoms with E-state index in [0.29, 0.717) is 11.3 Å². The Bertz CT molecular complexity index is 2040. The highest BCUT2D eigenvalue weighted by molar-refractivity contribution is 6.24. The van der Waals surface area contributed by atoms with Crippen molar-refractivity contribution in [2.75, 3.05) is 46.4 Å². The summed E-state index contributed by atoms with van der Waals surface area (Å²) >= 11 is 0. The Kier molecular flexibility index (Phi) is 10.8. The first-order chi connectivity index (χ1) is 25.5. The molecule has 2 aromatic rings. The van der Waals surface area contributed by atoms with Gasteiger partial charge in [-0.1, -0.05) is 26.8 Å². The molecular weight excluding hydrogens is 726 g/mol. The molecule has 1 saturated carbocycles. The SMILES string of the molecule is CN(C)c1cc(CN(CC(C)(C)C)C(=O)OCOC(=O)c2c(F)cccc2F)c(O)c2c1CC1CC3C(N(C)C)C(=O)C(C(N)=O)=C(O)C3(O)C(=O)C1=C2O. The number of Topliss-reactive ketones (excluding diaryl/α,β-unsaturated/α-hetero) is 2. The maximum Gasteiger partial charge on any atom is 0.412 e. The van der Waals surface area contributed by atoms with Crippen LogP contribution in [0.3, 0.4) is 0 Å². The number of esters is 1. The molecule has 15 nitrogen and oxygen atoms in total. The number of benzene rings is 2. The molecule has 4 atom stereocenters. The predicted molar refractivity (Wildman–Crippen MR) is 192 cm³/mol. The van der Waals surface area contributed by atoms with Gasteiger partial charge in [-0.25, -0.2) is 18.4 Å². The summed E-state index contributed by atoms with van der Waals surface area (Å²) in [6, 6.07) is 3.13. The number of hydrogen-bond acceptors (Lipinski definition) is 13. The van der Waals surface area contributed by atoms with E-state index < -0.39 is 105 Å². The molecule has 17 heteroatoms. The van der Waals surface area contributed by atoms with Gasteiger partial charge in [0.15, 0.2) is 11.4 Å². The Labute approximate surface area is 315 Å². The second-order valence-corrected chi connectivity index (χ2v) is 15.6. The maximum absolute atomic E-state index is 14.3. The van der Waals surface area contributed by atoms with Gasteiger partial charge in [0.25, 0.3) is 5.91 Å². The third-order valence-electron chi connectivity index (χ3n) is 10.1. The monoisotopic (exact) mass is 770 g/mol. The molecule has 3 aliphatic carbocycles. The summed E-state index contributed by atoms with van der Waals surface area (Å²) in [7, 11) is 6.41. The fourth-order valence-electron chi connectivity index (χ4n) is 7.82. The number of likely N-dealkylation sites (N-methyl/N-ethyl adjacent to an activating group) is 1. The van der Waals surface area contributed by atoms with Crippen molar-refractivity contribution in [3.63, 3.8) is 0 Å². The first kappa shape index (κ1) is 40.6. The number of halogens is 2. The van der Waals surface area contributed by atoms with E-state index in [9.17, 15) is 53.2 Å². The Morgan fingerprint density at radius 3 is 2.18 bits per heavy atom. The van der Waals surface area contributed by atoms with Crippen LogP contribution in [0, 0.1) is 28.9 Å². The van der Waals surface area contributed by atoms with E-state index in [-0.39, 0.29) is 42.6 Å². The molecule has 3 aliphatic rings. The van der Waals surface area contributed by atoms with Gasteiger partial charge < -0.3 is 45.4 Å². The zero-order valence-corrected chi connectivity index (χ0v) is 31.4. The lowest BCUT2D eigenvalue weighted by molar-refractivity contribution is -0.153. The molecule has 6 N–H and O–H groups in total. The van der Waals surface area contributed by atoms with E-state index in [4.69, 9.17) is 15.2 Å². The maximum atomic E-state index is 14.3. The minimum atomic E-state index is -2.82. The highest BCUT2D eigenvalue weighted by atomic mass is 19.1. The lowest BCUT2D eigenvalue weighted by Gasteiger charge is -2.50. The van der Waals surface area contributed by atoms with E-state index in [0.717, 1.165) is 18.2 Å². The molecule has 0 saturated heterocycles. The fourth-order valence-corrected chi connectivity index (χ4v) is 7.82. The number of carbonyl (C=O) groups is 5. The van der Waals surface area contributed by atoms with Gasteiger partial charge in [-0.05, 0) is 62.0 Å². The first-order valence-electron chi connectivity index (χ1n) is 17.3. The van der Waals surface area contributed by atoms with Crippen LogP contribution in [0.15, 0.2) is 41.2 Å². The Balaban J connectivity index is 1.54. The summed E-state index contributed by atoms with van der Waals surface area (Å²) in [6.45, 7) is 4.07. The third-order valence-corrected chi connectivity index (χ3v) is 10.1. The van der Waals surface area contributed by atoms with Crippen LogP contribution >= 0.6 is 0 Å². The average Bonchev–Trinajstić information content (AvgIpc) is 3.06. The quantitative estimate of drug-likeness (QED) is 0.141. The lowest BCUT2D eigenvalue weighted by atomic mass is 9.57. The molecule has 2 amide bonds. The topological polar surface area (TPSA) is 220 Å². The molecule has 5 rings (SSSR count). The fraction of sp³-hybridized carbons (Fsp3) is 0.447. The summed E-state index contributed by atoms with van der Waals surface area (Å²) < 4.78 is 38.1. The molecule has 0 radical (unpaired) electrons. The Morgan fingerprint density at radius 1 is 1.02 bits per heavy atom. The van der Waals surface area contributed by atoms with Gasteiger partial charge in [0, 0.05) is 43.4 Å². The predicted octanol–water partition coefficient (Wildman–Crippen LogP) is 3.11. The second-order valence-electron chi connectivity index (χ2n) is 15.6. The number of amides is 2. The molecule has 0 aromatic heterocycles. The smallest absolute Gasteiger partial charge is 0.412 e. The van der Waals surface area contributed by atoms with Crippen LogP contribution in [0.1, 0.15) is 54.2 Å². The number of rotatable bonds is 9. The van der Waals surface area contributed by atoms with Gasteiger partial charge in [-0.15, -0.1) is 0 Å². The average molecular weight is 771 g/mol. The van der Waals surface area contributed by atoms with Gasteiger partial charge in [-0.3, -0.25) is 19.3 Å². The molecule has 0 bridgehead atoms. The molecule has 1 fully saturated rings. The number of hydrogen-bond donors (Lipinski definition) is 5. The summed E-state index contributed by atoms with van der Waals surface area (Å²) in [6.07, 6.45) is -1.09. The first-order valence-corrected chi connectivity index (χ1v) is 17.3. The summed E-state index contributed by atoms with van der Waals surface area (Å²) in [4.78, 5) is 70.1. The minimum absolute atomic E-state index is 0.0111. The van der Waals surface area contributed by atoms with Gasteiger partial charge in [0.1, 0.15) is 40.0 Å². The summed E-state index contributed by atoms with van der Waals surface area (Å²) in [5, 5.41) is 46.7. The molecule has 0 aliphatic heterocycles. The van der Waals surface area contributed by atoms with Crippen LogP contribution in [0.5, 0.6) is 5.75 Å². The highest BCUT2D eigenvalue weighted by Crippen LogP contribution is 2.54. The number of aliphatic hydroxyl groups is 3. The van der Waals surface area contributed by atoms with Gasteiger partial charge in [0.05, 0.1) is 18.2 Å². The zero-order valence-electron chi connectivity index (χ0n) is 31.4. The summed E-state index contributed by atoms with van der Waals surface area (Å²) in [5.41, 5.74) is 0.573. The van der Waals surface area contributed by atoms with Crippen molar-refractivity contribution < 1.29 is 62.7 Å². The van der Waals surface area contributed by atoms with Crippen LogP contribution in [0.25, 0.3) is 5.76 Å². The van der Waals surface area contributed by atoms with E-state index in [1.54, 1.807) is 25.1 Å². The molecule has 296 valence electrons. The lowest BCUT2D eigenvalue weighted by Crippen LogP contribution is -2.65. The number of ether oxygens (including phenoxy) is 2. The van der Waals surface area contributed by atoms with Crippen LogP contribution in [-0.4, -0.2) is 113 Å². The summed E-state index contributed by atoms with van der Waals surface area (Å²) in [5.74, 6) is -11.6. The third kappa shape index (κ3) is 7.09. The van der Waals surface area contributed by atoms with E-state index >= 15 is 0 Å². The molecule has 0 spiro atoms. The van der Waals surface area contributed by atoms with Crippen molar-refractivity contribution in [3.05, 3.63) is 75.1 Å². The number of aliphatic hydroxyl groups excluding tert-OH is 2. The number of nitrogens with two attached hydrogens (primary N) is 1. The number of phenols is 1. The van der Waals surface area contributed by atoms with Crippen LogP contribution in [0.2, 0.25) is 0 Å². The number of nitrogens with zero attached hydrogens (tertiary/aromatic N) is 3. The second kappa shape index (κ2) is 14.6. The normalized spacial score (nSPS) is 22.2. The van der Waals surface area contributed by atoms with Crippen molar-refractivity contribution in [2.24, 2.45) is 23.0 Å². The van der Waals surface area contributed by atoms with Crippen molar-refractivity contribution >= 4 is 41.0 Å². The Morgan fingerprint density at radius 2 is 1.64 bits per heavy atom. The Hall–Kier alpha value is -5.55. The van der Waals surface area contributed by atoms with Crippen LogP contribution in [-0.2, 0) is 36.8 Å². The molecule has 55 heavy (non-hydrogen) atoms. The van der Waals surface area contributed by atoms with E-state index in [1.807, 2.05) is 20.8 Å². The standard InChI is InChI=1S/C38H44F2N4O11/c1-37(2,3)15-44(36(52)55-16-54-35(51)26-21(39)9-8-10-22(26)40)14-18-13-23(42(4)5)19-11-17-12-20-28(43(6)7)31(47)27(34(41)50)33(49)38(20,53)32(48)24(17)30(46)25(19)29(18)45/h8-10,13,17,20,28,45-46,49,53H,11-12,14-16H2,1-7H3,(H2,41,50). The van der Waals surface area contributed by atoms with Crippen LogP contribution in [0.4, 0.5) is 19.3 Å². The van der Waals surface area contributed by atoms with Crippen molar-refractivity contribution in [2.45, 2.75) is 51.8 Å². The molecule has 4 unspecified atom stereocenters. The van der Waals surface area contributed by atoms with E-state index in [1.165, 1.54) is 23.9 Å². The number of phenolic OH excluding ortho intramolecular Hbond substituents is 1. The highest BCUT2D eigenvalue weighted by Gasteiger charge is 2.64. The van der Waals surface area contributed by atoms with Gasteiger partial charge >= 0.3 is 12.1 Å². The number of ketones is 2. The number of carbonyl (C=O) groups excluding carboxylic acids is 5. The largest absolute Gasteiger partial charge is 0.508 e. The molecular formula is C38H44F2N4O11. The van der Waals surface area contributed by atoms with Crippen LogP contribution < -0.4 is 10.6 Å². The number of aromatic hydroxyl groups is 1. The van der Waals surface area contributed by atoms with E-state index in [2.05, 4.69) is 0 Å². The molecule has 2 aromatic carbocycles. The van der Waals surface area contributed by atoms with Gasteiger partial charge in [-0.2, -0.15) is 0 Å². The van der Waals surface area contributed by atoms with Crippen molar-refractivity contribution in [3.8, 4) is 5.75 Å². The molecule has 0 heterocycles. The number of primary amides is 1. The number of fused-ring (bicyclic) bond motifs is 3. The zero-order chi connectivity index (χ0) is 41.1. The van der Waals surface area contributed by atoms with Crippen molar-refractivity contribution in [1.29, 1.82) is 0 Å². The number of anilines is 1. The van der Waals surface area contributed by atoms with Gasteiger partial charge in [0.2, 0.25) is 12.6 Å².